The maximum absolute atomic E-state index is 12.8. The van der Waals surface area contributed by atoms with Gasteiger partial charge in [0.2, 0.25) is 10.9 Å². The molecular weight excluding hydrogens is 442 g/mol. The highest BCUT2D eigenvalue weighted by molar-refractivity contribution is 7.74. The molecule has 0 bridgehead atoms. The maximum Gasteiger partial charge on any atom is 0.336 e. The van der Waals surface area contributed by atoms with Gasteiger partial charge in [-0.2, -0.15) is 0 Å². The number of rotatable bonds is 5. The molecule has 0 aliphatic heterocycles. The first-order valence-corrected chi connectivity index (χ1v) is 10.4. The summed E-state index contributed by atoms with van der Waals surface area (Å²) in [6, 6.07) is 16.9. The minimum absolute atomic E-state index is 0.0840. The largest absolute Gasteiger partial charge is 0.422 e. The molecule has 2 heterocycles. The van der Waals surface area contributed by atoms with E-state index < -0.39 is 22.4 Å². The molecule has 0 saturated heterocycles. The van der Waals surface area contributed by atoms with Gasteiger partial charge in [-0.15, -0.1) is 0 Å². The van der Waals surface area contributed by atoms with Crippen molar-refractivity contribution in [1.82, 2.24) is 4.98 Å². The lowest BCUT2D eigenvalue weighted by Crippen LogP contribution is -2.17. The Kier molecular flexibility index (Phi) is 5.70. The average Bonchev–Trinajstić information content (AvgIpc) is 2.75. The number of hydrogen-bond acceptors (Lipinski definition) is 6. The molecule has 156 valence electrons. The number of amides is 1. The number of aromatic nitrogens is 1. The number of carbonyl (C=O) groups excluding carboxylic acids is 1. The average molecular weight is 456 g/mol. The second-order valence-corrected chi connectivity index (χ2v) is 7.67. The summed E-state index contributed by atoms with van der Waals surface area (Å²) < 4.78 is 29.9. The molecule has 4 rings (SSSR count). The van der Waals surface area contributed by atoms with Crippen LogP contribution in [0.15, 0.2) is 82.1 Å². The van der Waals surface area contributed by atoms with Crippen LogP contribution < -0.4 is 15.2 Å². The van der Waals surface area contributed by atoms with Crippen molar-refractivity contribution in [1.29, 1.82) is 0 Å². The SMILES string of the molecule is O=C(Nc1ccnc(N(c2ccc(Cl)cc2)[SH](=O)=O)c1)c1cccc2ccc(=O)oc12. The van der Waals surface area contributed by atoms with Crippen LogP contribution in [0.2, 0.25) is 5.02 Å². The van der Waals surface area contributed by atoms with Gasteiger partial charge in [0.05, 0.1) is 11.3 Å². The number of fused-ring (bicyclic) bond motifs is 1. The van der Waals surface area contributed by atoms with Crippen molar-refractivity contribution < 1.29 is 17.6 Å². The van der Waals surface area contributed by atoms with E-state index in [1.165, 1.54) is 30.5 Å². The molecule has 0 spiro atoms. The summed E-state index contributed by atoms with van der Waals surface area (Å²) in [6.45, 7) is 0. The van der Waals surface area contributed by atoms with Crippen molar-refractivity contribution in [2.75, 3.05) is 9.62 Å². The zero-order valence-electron chi connectivity index (χ0n) is 15.7. The lowest BCUT2D eigenvalue weighted by atomic mass is 10.1. The summed E-state index contributed by atoms with van der Waals surface area (Å²) in [5.41, 5.74) is 0.399. The molecule has 10 heteroatoms. The maximum atomic E-state index is 12.8. The highest BCUT2D eigenvalue weighted by Gasteiger charge is 2.16. The Labute approximate surface area is 182 Å². The number of nitrogens with zero attached hydrogens (tertiary/aromatic N) is 2. The van der Waals surface area contributed by atoms with E-state index in [9.17, 15) is 18.0 Å². The fraction of sp³-hybridized carbons (Fsp3) is 0. The van der Waals surface area contributed by atoms with E-state index in [2.05, 4.69) is 10.3 Å². The van der Waals surface area contributed by atoms with Crippen LogP contribution in [0.1, 0.15) is 10.4 Å². The molecule has 0 fully saturated rings. The Morgan fingerprint density at radius 2 is 1.81 bits per heavy atom. The Morgan fingerprint density at radius 1 is 1.03 bits per heavy atom. The van der Waals surface area contributed by atoms with Crippen molar-refractivity contribution in [2.45, 2.75) is 0 Å². The number of hydrogen-bond donors (Lipinski definition) is 2. The number of pyridine rings is 1. The van der Waals surface area contributed by atoms with Gasteiger partial charge in [0, 0.05) is 34.4 Å². The van der Waals surface area contributed by atoms with Crippen LogP contribution in [0.4, 0.5) is 17.2 Å². The van der Waals surface area contributed by atoms with Gasteiger partial charge >= 0.3 is 5.63 Å². The first kappa shape index (κ1) is 20.6. The number of thiol groups is 1. The quantitative estimate of drug-likeness (QED) is 0.350. The predicted molar refractivity (Wildman–Crippen MR) is 119 cm³/mol. The molecule has 0 aliphatic rings. The Bertz CT molecular complexity index is 1410. The molecule has 0 aliphatic carbocycles. The number of para-hydroxylation sites is 1. The normalized spacial score (nSPS) is 10.9. The van der Waals surface area contributed by atoms with Crippen LogP contribution in [0.25, 0.3) is 11.0 Å². The number of carbonyl (C=O) groups is 1. The molecule has 0 unspecified atom stereocenters. The van der Waals surface area contributed by atoms with E-state index in [1.54, 1.807) is 42.5 Å². The van der Waals surface area contributed by atoms with Crippen molar-refractivity contribution in [3.8, 4) is 0 Å². The standard InChI is InChI=1S/C21H14ClN3O5S/c22-14-5-7-16(8-6-14)25(31(28)29)18-12-15(10-11-23-18)24-21(27)17-3-1-2-13-4-9-19(26)30-20(13)17/h1-12,31H,(H,23,24,27). The molecular formula is C21H14ClN3O5S. The summed E-state index contributed by atoms with van der Waals surface area (Å²) in [6.07, 6.45) is 1.37. The molecule has 4 aromatic rings. The number of benzene rings is 2. The van der Waals surface area contributed by atoms with E-state index in [0.717, 1.165) is 4.31 Å². The third-order valence-electron chi connectivity index (χ3n) is 4.35. The topological polar surface area (TPSA) is 110 Å². The van der Waals surface area contributed by atoms with Crippen molar-refractivity contribution in [3.63, 3.8) is 0 Å². The molecule has 2 aromatic carbocycles. The highest BCUT2D eigenvalue weighted by Crippen LogP contribution is 2.27. The molecule has 1 N–H and O–H groups in total. The summed E-state index contributed by atoms with van der Waals surface area (Å²) in [7, 11) is -3.06. The fourth-order valence-corrected chi connectivity index (χ4v) is 3.70. The lowest BCUT2D eigenvalue weighted by molar-refractivity contribution is 0.102. The van der Waals surface area contributed by atoms with Crippen molar-refractivity contribution in [3.05, 3.63) is 93.9 Å². The molecule has 0 radical (unpaired) electrons. The van der Waals surface area contributed by atoms with Gasteiger partial charge in [0.1, 0.15) is 5.82 Å². The third-order valence-corrected chi connectivity index (χ3v) is 5.36. The number of nitrogens with one attached hydrogen (secondary N) is 1. The van der Waals surface area contributed by atoms with Crippen molar-refractivity contribution in [2.24, 2.45) is 0 Å². The van der Waals surface area contributed by atoms with Gasteiger partial charge < -0.3 is 9.73 Å². The second kappa shape index (κ2) is 8.58. The van der Waals surface area contributed by atoms with E-state index in [1.807, 2.05) is 0 Å². The van der Waals surface area contributed by atoms with Crippen LogP contribution in [0.3, 0.4) is 0 Å². The van der Waals surface area contributed by atoms with E-state index in [4.69, 9.17) is 16.0 Å². The molecule has 0 atom stereocenters. The summed E-state index contributed by atoms with van der Waals surface area (Å²) >= 11 is 5.87. The number of anilines is 3. The number of halogens is 1. The molecule has 2 aromatic heterocycles. The molecule has 0 saturated carbocycles. The van der Waals surface area contributed by atoms with Crippen molar-refractivity contribution >= 4 is 56.6 Å². The van der Waals surface area contributed by atoms with Gasteiger partial charge in [-0.1, -0.05) is 23.7 Å². The third kappa shape index (κ3) is 4.42. The zero-order chi connectivity index (χ0) is 22.0. The predicted octanol–water partition coefficient (Wildman–Crippen LogP) is 3.76. The summed E-state index contributed by atoms with van der Waals surface area (Å²) in [5.74, 6) is -0.442. The lowest BCUT2D eigenvalue weighted by Gasteiger charge is -2.17. The second-order valence-electron chi connectivity index (χ2n) is 6.36. The Balaban J connectivity index is 1.67. The van der Waals surface area contributed by atoms with Gasteiger partial charge in [-0.3, -0.25) is 4.79 Å². The van der Waals surface area contributed by atoms with Gasteiger partial charge in [0.15, 0.2) is 5.58 Å². The fourth-order valence-electron chi connectivity index (χ4n) is 2.97. The molecule has 31 heavy (non-hydrogen) atoms. The summed E-state index contributed by atoms with van der Waals surface area (Å²) in [4.78, 5) is 28.5. The minimum atomic E-state index is -3.06. The van der Waals surface area contributed by atoms with E-state index >= 15 is 0 Å². The molecule has 8 nitrogen and oxygen atoms in total. The molecule has 1 amide bonds. The van der Waals surface area contributed by atoms with E-state index in [-0.39, 0.29) is 17.0 Å². The van der Waals surface area contributed by atoms with Crippen LogP contribution in [-0.4, -0.2) is 19.3 Å². The van der Waals surface area contributed by atoms with E-state index in [0.29, 0.717) is 21.8 Å². The van der Waals surface area contributed by atoms with Gasteiger partial charge in [-0.25, -0.2) is 22.5 Å². The Hall–Kier alpha value is -3.69. The van der Waals surface area contributed by atoms with Crippen LogP contribution in [0, 0.1) is 0 Å². The monoisotopic (exact) mass is 455 g/mol. The summed E-state index contributed by atoms with van der Waals surface area (Å²) in [5, 5.41) is 3.73. The van der Waals surface area contributed by atoms with Crippen LogP contribution in [-0.2, 0) is 10.9 Å². The highest BCUT2D eigenvalue weighted by atomic mass is 35.5. The first-order chi connectivity index (χ1) is 14.9. The smallest absolute Gasteiger partial charge is 0.336 e. The van der Waals surface area contributed by atoms with Gasteiger partial charge in [0.25, 0.3) is 5.91 Å². The Morgan fingerprint density at radius 3 is 2.55 bits per heavy atom. The minimum Gasteiger partial charge on any atom is -0.422 e. The van der Waals surface area contributed by atoms with Crippen LogP contribution >= 0.6 is 11.6 Å². The van der Waals surface area contributed by atoms with Crippen LogP contribution in [0.5, 0.6) is 0 Å². The zero-order valence-corrected chi connectivity index (χ0v) is 17.3. The first-order valence-electron chi connectivity index (χ1n) is 8.93. The van der Waals surface area contributed by atoms with Gasteiger partial charge in [-0.05, 0) is 42.5 Å².